The zero-order chi connectivity index (χ0) is 17.9. The van der Waals surface area contributed by atoms with Crippen LogP contribution >= 0.6 is 0 Å². The summed E-state index contributed by atoms with van der Waals surface area (Å²) in [6.45, 7) is 0.276. The van der Waals surface area contributed by atoms with E-state index in [0.717, 1.165) is 22.2 Å². The average molecular weight is 344 g/mol. The lowest BCUT2D eigenvalue weighted by Gasteiger charge is -2.23. The summed E-state index contributed by atoms with van der Waals surface area (Å²) >= 11 is 0. The number of carbonyl (C=O) groups excluding carboxylic acids is 1. The number of furan rings is 1. The number of fused-ring (bicyclic) bond motifs is 1. The summed E-state index contributed by atoms with van der Waals surface area (Å²) in [5.41, 5.74) is 2.55. The Labute approximate surface area is 149 Å². The number of anilines is 1. The second kappa shape index (κ2) is 6.72. The van der Waals surface area contributed by atoms with Gasteiger partial charge in [-0.15, -0.1) is 0 Å². The Kier molecular flexibility index (Phi) is 4.11. The lowest BCUT2D eigenvalue weighted by atomic mass is 10.1. The molecule has 2 aromatic heterocycles. The van der Waals surface area contributed by atoms with Crippen LogP contribution in [0.3, 0.4) is 0 Å². The number of nitrogens with one attached hydrogen (secondary N) is 1. The van der Waals surface area contributed by atoms with Crippen LogP contribution in [0, 0.1) is 0 Å². The van der Waals surface area contributed by atoms with Gasteiger partial charge in [-0.3, -0.25) is 9.59 Å². The van der Waals surface area contributed by atoms with Gasteiger partial charge in [0.2, 0.25) is 5.56 Å². The number of aromatic amines is 1. The zero-order valence-electron chi connectivity index (χ0n) is 13.9. The topological polar surface area (TPSA) is 66.3 Å². The van der Waals surface area contributed by atoms with Crippen molar-refractivity contribution in [1.29, 1.82) is 0 Å². The first-order valence-electron chi connectivity index (χ1n) is 8.22. The molecule has 1 amide bonds. The number of hydrogen-bond acceptors (Lipinski definition) is 3. The summed E-state index contributed by atoms with van der Waals surface area (Å²) in [5.74, 6) is -0.186. The Hall–Kier alpha value is -3.60. The van der Waals surface area contributed by atoms with Crippen molar-refractivity contribution in [2.45, 2.75) is 6.54 Å². The molecule has 2 aromatic carbocycles. The first-order valence-corrected chi connectivity index (χ1v) is 8.22. The molecule has 4 aromatic rings. The van der Waals surface area contributed by atoms with Crippen molar-refractivity contribution in [2.75, 3.05) is 4.90 Å². The predicted octanol–water partition coefficient (Wildman–Crippen LogP) is 3.97. The molecule has 0 saturated heterocycles. The van der Waals surface area contributed by atoms with Crippen LogP contribution in [0.2, 0.25) is 0 Å². The highest BCUT2D eigenvalue weighted by Crippen LogP contribution is 2.23. The number of benzene rings is 2. The number of rotatable bonds is 4. The van der Waals surface area contributed by atoms with Crippen molar-refractivity contribution in [3.63, 3.8) is 0 Å². The highest BCUT2D eigenvalue weighted by Gasteiger charge is 2.20. The standard InChI is InChI=1S/C21H16N2O3/c24-20-12-16(18-8-4-5-9-19(18)22-20)13-23(17-6-2-1-3-7-17)21(25)15-10-11-26-14-15/h1-12,14H,13H2,(H,22,24). The molecule has 0 radical (unpaired) electrons. The number of H-pyrrole nitrogens is 1. The van der Waals surface area contributed by atoms with E-state index in [-0.39, 0.29) is 18.0 Å². The molecule has 5 heteroatoms. The van der Waals surface area contributed by atoms with E-state index in [1.165, 1.54) is 12.5 Å². The van der Waals surface area contributed by atoms with Gasteiger partial charge in [-0.1, -0.05) is 36.4 Å². The number of aromatic nitrogens is 1. The average Bonchev–Trinajstić information content (AvgIpc) is 3.21. The molecule has 0 aliphatic heterocycles. The van der Waals surface area contributed by atoms with E-state index in [9.17, 15) is 9.59 Å². The van der Waals surface area contributed by atoms with E-state index < -0.39 is 0 Å². The fourth-order valence-electron chi connectivity index (χ4n) is 3.01. The van der Waals surface area contributed by atoms with Crippen molar-refractivity contribution in [3.8, 4) is 0 Å². The van der Waals surface area contributed by atoms with Crippen molar-refractivity contribution >= 4 is 22.5 Å². The molecule has 0 saturated carbocycles. The Morgan fingerprint density at radius 1 is 1.00 bits per heavy atom. The Bertz CT molecular complexity index is 1100. The summed E-state index contributed by atoms with van der Waals surface area (Å²) in [7, 11) is 0. The molecule has 0 fully saturated rings. The minimum absolute atomic E-state index is 0.186. The minimum atomic E-state index is -0.192. The maximum atomic E-state index is 13.0. The highest BCUT2D eigenvalue weighted by atomic mass is 16.3. The van der Waals surface area contributed by atoms with E-state index in [1.807, 2.05) is 54.6 Å². The molecule has 0 atom stereocenters. The molecule has 2 heterocycles. The molecule has 0 aliphatic carbocycles. The van der Waals surface area contributed by atoms with Gasteiger partial charge in [0.1, 0.15) is 6.26 Å². The smallest absolute Gasteiger partial charge is 0.261 e. The first kappa shape index (κ1) is 15.9. The maximum absolute atomic E-state index is 13.0. The molecule has 0 bridgehead atoms. The Morgan fingerprint density at radius 3 is 2.54 bits per heavy atom. The van der Waals surface area contributed by atoms with Crippen LogP contribution in [-0.4, -0.2) is 10.9 Å². The van der Waals surface area contributed by atoms with Crippen molar-refractivity contribution in [2.24, 2.45) is 0 Å². The second-order valence-electron chi connectivity index (χ2n) is 5.94. The van der Waals surface area contributed by atoms with Gasteiger partial charge in [0.25, 0.3) is 5.91 Å². The predicted molar refractivity (Wildman–Crippen MR) is 100 cm³/mol. The quantitative estimate of drug-likeness (QED) is 0.609. The van der Waals surface area contributed by atoms with Gasteiger partial charge in [0.05, 0.1) is 18.4 Å². The largest absolute Gasteiger partial charge is 0.472 e. The molecule has 0 unspecified atom stereocenters. The molecule has 0 spiro atoms. The molecule has 0 aliphatic rings. The number of pyridine rings is 1. The fourth-order valence-corrected chi connectivity index (χ4v) is 3.01. The van der Waals surface area contributed by atoms with Gasteiger partial charge in [0, 0.05) is 22.7 Å². The molecular formula is C21H16N2O3. The van der Waals surface area contributed by atoms with Gasteiger partial charge < -0.3 is 14.3 Å². The number of amides is 1. The molecule has 4 rings (SSSR count). The van der Waals surface area contributed by atoms with Gasteiger partial charge in [-0.2, -0.15) is 0 Å². The van der Waals surface area contributed by atoms with Gasteiger partial charge in [0.15, 0.2) is 0 Å². The van der Waals surface area contributed by atoms with E-state index in [0.29, 0.717) is 5.56 Å². The summed E-state index contributed by atoms with van der Waals surface area (Å²) in [6, 6.07) is 20.1. The van der Waals surface area contributed by atoms with E-state index in [4.69, 9.17) is 4.42 Å². The third kappa shape index (κ3) is 3.02. The van der Waals surface area contributed by atoms with Gasteiger partial charge >= 0.3 is 0 Å². The van der Waals surface area contributed by atoms with Gasteiger partial charge in [-0.25, -0.2) is 0 Å². The highest BCUT2D eigenvalue weighted by molar-refractivity contribution is 6.06. The molecule has 5 nitrogen and oxygen atoms in total. The minimum Gasteiger partial charge on any atom is -0.472 e. The lowest BCUT2D eigenvalue weighted by Crippen LogP contribution is -2.30. The van der Waals surface area contributed by atoms with Crippen LogP contribution in [0.4, 0.5) is 5.69 Å². The number of para-hydroxylation sites is 2. The van der Waals surface area contributed by atoms with Crippen molar-refractivity contribution in [3.05, 3.63) is 101 Å². The first-order chi connectivity index (χ1) is 12.7. The van der Waals surface area contributed by atoms with Crippen LogP contribution in [0.15, 0.2) is 88.5 Å². The Balaban J connectivity index is 1.81. The van der Waals surface area contributed by atoms with Crippen molar-refractivity contribution in [1.82, 2.24) is 4.98 Å². The zero-order valence-corrected chi connectivity index (χ0v) is 13.9. The van der Waals surface area contributed by atoms with Crippen LogP contribution < -0.4 is 10.5 Å². The third-order valence-corrected chi connectivity index (χ3v) is 4.25. The Morgan fingerprint density at radius 2 is 1.77 bits per heavy atom. The van der Waals surface area contributed by atoms with Crippen LogP contribution in [0.25, 0.3) is 10.9 Å². The molecule has 26 heavy (non-hydrogen) atoms. The monoisotopic (exact) mass is 344 g/mol. The summed E-state index contributed by atoms with van der Waals surface area (Å²) in [4.78, 5) is 29.5. The van der Waals surface area contributed by atoms with Crippen molar-refractivity contribution < 1.29 is 9.21 Å². The summed E-state index contributed by atoms with van der Waals surface area (Å²) in [5, 5.41) is 0.910. The second-order valence-corrected chi connectivity index (χ2v) is 5.94. The summed E-state index contributed by atoms with van der Waals surface area (Å²) in [6.07, 6.45) is 2.90. The van der Waals surface area contributed by atoms with Crippen LogP contribution in [-0.2, 0) is 6.54 Å². The number of hydrogen-bond donors (Lipinski definition) is 1. The maximum Gasteiger partial charge on any atom is 0.261 e. The lowest BCUT2D eigenvalue weighted by molar-refractivity contribution is 0.0984. The number of nitrogens with zero attached hydrogens (tertiary/aromatic N) is 1. The van der Waals surface area contributed by atoms with E-state index in [2.05, 4.69) is 4.98 Å². The van der Waals surface area contributed by atoms with Gasteiger partial charge in [-0.05, 0) is 29.8 Å². The molecule has 128 valence electrons. The van der Waals surface area contributed by atoms with Crippen LogP contribution in [0.1, 0.15) is 15.9 Å². The normalized spacial score (nSPS) is 10.8. The van der Waals surface area contributed by atoms with E-state index >= 15 is 0 Å². The molecular weight excluding hydrogens is 328 g/mol. The summed E-state index contributed by atoms with van der Waals surface area (Å²) < 4.78 is 5.06. The van der Waals surface area contributed by atoms with E-state index in [1.54, 1.807) is 17.0 Å². The number of carbonyl (C=O) groups is 1. The fraction of sp³-hybridized carbons (Fsp3) is 0.0476. The van der Waals surface area contributed by atoms with Crippen LogP contribution in [0.5, 0.6) is 0 Å². The molecule has 1 N–H and O–H groups in total. The SMILES string of the molecule is O=C(c1ccoc1)N(Cc1cc(=O)[nH]c2ccccc12)c1ccccc1. The third-order valence-electron chi connectivity index (χ3n) is 4.25.